The van der Waals surface area contributed by atoms with Gasteiger partial charge < -0.3 is 19.1 Å². The van der Waals surface area contributed by atoms with Crippen molar-refractivity contribution in [1.29, 1.82) is 0 Å². The van der Waals surface area contributed by atoms with Gasteiger partial charge in [0.05, 0.1) is 12.6 Å². The number of hydrogen-bond donors (Lipinski definition) is 1. The van der Waals surface area contributed by atoms with Crippen molar-refractivity contribution in [3.05, 3.63) is 48.5 Å². The number of hydrogen-bond acceptors (Lipinski definition) is 5. The van der Waals surface area contributed by atoms with Gasteiger partial charge in [0.2, 0.25) is 5.88 Å². The van der Waals surface area contributed by atoms with Crippen molar-refractivity contribution in [3.8, 4) is 17.4 Å². The number of carbonyl (C=O) groups is 1. The summed E-state index contributed by atoms with van der Waals surface area (Å²) in [7, 11) is 1.56. The second-order valence-corrected chi connectivity index (χ2v) is 6.21. The van der Waals surface area contributed by atoms with E-state index >= 15 is 0 Å². The van der Waals surface area contributed by atoms with Gasteiger partial charge in [0.25, 0.3) is 0 Å². The van der Waals surface area contributed by atoms with Crippen LogP contribution in [0.4, 0.5) is 5.69 Å². The van der Waals surface area contributed by atoms with E-state index in [4.69, 9.17) is 9.47 Å². The Morgan fingerprint density at radius 1 is 1.15 bits per heavy atom. The second-order valence-electron chi connectivity index (χ2n) is 6.21. The molecular formula is C20H21N3O4. The van der Waals surface area contributed by atoms with Crippen LogP contribution in [-0.4, -0.2) is 29.3 Å². The van der Waals surface area contributed by atoms with Gasteiger partial charge in [0, 0.05) is 11.4 Å². The smallest absolute Gasteiger partial charge is 0.302 e. The lowest BCUT2D eigenvalue weighted by atomic mass is 10.2. The van der Waals surface area contributed by atoms with Crippen LogP contribution in [0.15, 0.2) is 58.8 Å². The maximum Gasteiger partial charge on any atom is 0.302 e. The fourth-order valence-electron chi connectivity index (χ4n) is 2.81. The first-order chi connectivity index (χ1) is 13.0. The number of methoxy groups -OCH3 is 1. The molecule has 0 aliphatic carbocycles. The monoisotopic (exact) mass is 367 g/mol. The SMILES string of the molecule is COc1ccc2c(c1)c(N=NC(=O)COc1ccccc1)c(O)n2C(C)C. The van der Waals surface area contributed by atoms with E-state index in [1.54, 1.807) is 35.9 Å². The molecule has 0 bridgehead atoms. The number of carbonyl (C=O) groups excluding carboxylic acids is 1. The number of rotatable bonds is 6. The highest BCUT2D eigenvalue weighted by Crippen LogP contribution is 2.42. The summed E-state index contributed by atoms with van der Waals surface area (Å²) in [5.41, 5.74) is 1.01. The van der Waals surface area contributed by atoms with Crippen LogP contribution in [0.1, 0.15) is 19.9 Å². The van der Waals surface area contributed by atoms with Crippen LogP contribution in [0.25, 0.3) is 10.9 Å². The predicted molar refractivity (Wildman–Crippen MR) is 102 cm³/mol. The molecule has 140 valence electrons. The number of amides is 1. The molecule has 1 amide bonds. The average Bonchev–Trinajstić information content (AvgIpc) is 2.96. The lowest BCUT2D eigenvalue weighted by Gasteiger charge is -2.10. The maximum absolute atomic E-state index is 12.0. The van der Waals surface area contributed by atoms with Gasteiger partial charge in [-0.3, -0.25) is 4.79 Å². The summed E-state index contributed by atoms with van der Waals surface area (Å²) < 4.78 is 12.3. The Balaban J connectivity index is 1.87. The van der Waals surface area contributed by atoms with Gasteiger partial charge in [0.1, 0.15) is 11.5 Å². The van der Waals surface area contributed by atoms with E-state index < -0.39 is 5.91 Å². The van der Waals surface area contributed by atoms with E-state index in [9.17, 15) is 9.90 Å². The lowest BCUT2D eigenvalue weighted by molar-refractivity contribution is -0.120. The number of nitrogens with zero attached hydrogens (tertiary/aromatic N) is 3. The summed E-state index contributed by atoms with van der Waals surface area (Å²) in [5.74, 6) is 0.601. The minimum absolute atomic E-state index is 0.00182. The number of aromatic hydroxyl groups is 1. The molecule has 0 spiro atoms. The number of aromatic nitrogens is 1. The van der Waals surface area contributed by atoms with Gasteiger partial charge in [-0.1, -0.05) is 18.2 Å². The van der Waals surface area contributed by atoms with Gasteiger partial charge >= 0.3 is 5.91 Å². The molecule has 7 nitrogen and oxygen atoms in total. The molecule has 3 rings (SSSR count). The Labute approximate surface area is 156 Å². The van der Waals surface area contributed by atoms with Crippen LogP contribution in [0, 0.1) is 0 Å². The molecule has 0 atom stereocenters. The van der Waals surface area contributed by atoms with E-state index in [2.05, 4.69) is 10.2 Å². The standard InChI is InChI=1S/C20H21N3O4/c1-13(2)23-17-10-9-15(26-3)11-16(17)19(20(23)25)22-21-18(24)12-27-14-7-5-4-6-8-14/h4-11,13,25H,12H2,1-3H3. The van der Waals surface area contributed by atoms with Crippen molar-refractivity contribution >= 4 is 22.5 Å². The zero-order chi connectivity index (χ0) is 19.4. The minimum Gasteiger partial charge on any atom is -0.497 e. The molecule has 0 saturated heterocycles. The number of ether oxygens (including phenoxy) is 2. The van der Waals surface area contributed by atoms with Crippen molar-refractivity contribution in [2.75, 3.05) is 13.7 Å². The van der Waals surface area contributed by atoms with E-state index in [1.807, 2.05) is 38.1 Å². The molecular weight excluding hydrogens is 346 g/mol. The van der Waals surface area contributed by atoms with E-state index in [0.29, 0.717) is 16.9 Å². The van der Waals surface area contributed by atoms with Crippen LogP contribution in [0.3, 0.4) is 0 Å². The first-order valence-electron chi connectivity index (χ1n) is 8.54. The third-order valence-electron chi connectivity index (χ3n) is 4.04. The maximum atomic E-state index is 12.0. The topological polar surface area (TPSA) is 85.4 Å². The quantitative estimate of drug-likeness (QED) is 0.644. The van der Waals surface area contributed by atoms with E-state index in [1.165, 1.54) is 0 Å². The Morgan fingerprint density at radius 3 is 2.56 bits per heavy atom. The summed E-state index contributed by atoms with van der Waals surface area (Å²) in [4.78, 5) is 12.0. The van der Waals surface area contributed by atoms with Crippen LogP contribution < -0.4 is 9.47 Å². The summed E-state index contributed by atoms with van der Waals surface area (Å²) in [6.07, 6.45) is 0. The Kier molecular flexibility index (Phi) is 5.40. The summed E-state index contributed by atoms with van der Waals surface area (Å²) in [6.45, 7) is 3.66. The third kappa shape index (κ3) is 3.92. The van der Waals surface area contributed by atoms with Crippen molar-refractivity contribution in [1.82, 2.24) is 4.57 Å². The van der Waals surface area contributed by atoms with Gasteiger partial charge in [0.15, 0.2) is 12.3 Å². The first-order valence-corrected chi connectivity index (χ1v) is 8.54. The molecule has 0 aliphatic rings. The number of azo groups is 1. The predicted octanol–water partition coefficient (Wildman–Crippen LogP) is 4.63. The van der Waals surface area contributed by atoms with Gasteiger partial charge in [-0.25, -0.2) is 0 Å². The summed E-state index contributed by atoms with van der Waals surface area (Å²) in [5, 5.41) is 18.9. The van der Waals surface area contributed by atoms with Crippen molar-refractivity contribution in [2.24, 2.45) is 10.2 Å². The molecule has 7 heteroatoms. The molecule has 27 heavy (non-hydrogen) atoms. The molecule has 2 aromatic carbocycles. The Hall–Kier alpha value is -3.35. The van der Waals surface area contributed by atoms with E-state index in [0.717, 1.165) is 5.52 Å². The molecule has 1 heterocycles. The van der Waals surface area contributed by atoms with Gasteiger partial charge in [-0.15, -0.1) is 10.2 Å². The molecule has 1 N–H and O–H groups in total. The van der Waals surface area contributed by atoms with Crippen LogP contribution in [0.2, 0.25) is 0 Å². The van der Waals surface area contributed by atoms with Crippen molar-refractivity contribution in [2.45, 2.75) is 19.9 Å². The fourth-order valence-corrected chi connectivity index (χ4v) is 2.81. The van der Waals surface area contributed by atoms with Gasteiger partial charge in [-0.2, -0.15) is 0 Å². The molecule has 0 saturated carbocycles. The molecule has 0 aliphatic heterocycles. The van der Waals surface area contributed by atoms with Crippen molar-refractivity contribution in [3.63, 3.8) is 0 Å². The largest absolute Gasteiger partial charge is 0.497 e. The fraction of sp³-hybridized carbons (Fsp3) is 0.250. The lowest BCUT2D eigenvalue weighted by Crippen LogP contribution is -2.07. The Bertz CT molecular complexity index is 978. The zero-order valence-electron chi connectivity index (χ0n) is 15.4. The highest BCUT2D eigenvalue weighted by molar-refractivity contribution is 5.96. The normalized spacial score (nSPS) is 11.4. The third-order valence-corrected chi connectivity index (χ3v) is 4.04. The van der Waals surface area contributed by atoms with Crippen LogP contribution >= 0.6 is 0 Å². The Morgan fingerprint density at radius 2 is 1.89 bits per heavy atom. The van der Waals surface area contributed by atoms with Crippen LogP contribution in [0.5, 0.6) is 17.4 Å². The van der Waals surface area contributed by atoms with E-state index in [-0.39, 0.29) is 24.2 Å². The molecule has 0 radical (unpaired) electrons. The molecule has 1 aromatic heterocycles. The molecule has 0 unspecified atom stereocenters. The summed E-state index contributed by atoms with van der Waals surface area (Å²) in [6, 6.07) is 14.4. The second kappa shape index (κ2) is 7.90. The number of fused-ring (bicyclic) bond motifs is 1. The number of para-hydroxylation sites is 1. The first kappa shape index (κ1) is 18.4. The highest BCUT2D eigenvalue weighted by atomic mass is 16.5. The van der Waals surface area contributed by atoms with Crippen LogP contribution in [-0.2, 0) is 4.79 Å². The molecule has 0 fully saturated rings. The minimum atomic E-state index is -0.549. The van der Waals surface area contributed by atoms with Crippen molar-refractivity contribution < 1.29 is 19.4 Å². The number of benzene rings is 2. The highest BCUT2D eigenvalue weighted by Gasteiger charge is 2.19. The molecule has 3 aromatic rings. The summed E-state index contributed by atoms with van der Waals surface area (Å²) >= 11 is 0. The van der Waals surface area contributed by atoms with Gasteiger partial charge in [-0.05, 0) is 44.2 Å². The zero-order valence-corrected chi connectivity index (χ0v) is 15.4. The average molecular weight is 367 g/mol.